The third kappa shape index (κ3) is 6.59. The minimum Gasteiger partial charge on any atom is -0.391 e. The summed E-state index contributed by atoms with van der Waals surface area (Å²) in [5.41, 5.74) is 4.12. The van der Waals surface area contributed by atoms with Gasteiger partial charge >= 0.3 is 0 Å². The van der Waals surface area contributed by atoms with Crippen LogP contribution in [0.25, 0.3) is 0 Å². The van der Waals surface area contributed by atoms with Crippen molar-refractivity contribution in [2.75, 3.05) is 13.1 Å². The van der Waals surface area contributed by atoms with Crippen LogP contribution in [0.1, 0.15) is 41.9 Å². The first-order valence-electron chi connectivity index (χ1n) is 8.95. The lowest BCUT2D eigenvalue weighted by Gasteiger charge is -2.18. The van der Waals surface area contributed by atoms with Crippen molar-refractivity contribution < 1.29 is 0 Å². The van der Waals surface area contributed by atoms with Gasteiger partial charge in [-0.3, -0.25) is 0 Å². The lowest BCUT2D eigenvalue weighted by atomic mass is 9.93. The van der Waals surface area contributed by atoms with Crippen LogP contribution in [-0.2, 0) is 6.54 Å². The van der Waals surface area contributed by atoms with Gasteiger partial charge in [-0.15, -0.1) is 0 Å². The standard InChI is InChI=1S/C22H30N2/c1-3-23-15-8-7-14-22(21-12-5-4-6-13-21)18-24-17-20-11-9-10-19(2)16-20/h3-6,9-13,16,22-24H,1,7-8,14-15,17-18H2,2H3. The van der Waals surface area contributed by atoms with Gasteiger partial charge in [0.25, 0.3) is 0 Å². The molecule has 2 heteroatoms. The molecule has 0 aromatic heterocycles. The monoisotopic (exact) mass is 322 g/mol. The minimum atomic E-state index is 0.569. The van der Waals surface area contributed by atoms with E-state index in [4.69, 9.17) is 0 Å². The van der Waals surface area contributed by atoms with Crippen LogP contribution in [0.3, 0.4) is 0 Å². The molecule has 2 nitrogen and oxygen atoms in total. The van der Waals surface area contributed by atoms with Crippen LogP contribution in [-0.4, -0.2) is 13.1 Å². The fraction of sp³-hybridized carbons (Fsp3) is 0.364. The van der Waals surface area contributed by atoms with Crippen LogP contribution < -0.4 is 10.6 Å². The molecule has 0 heterocycles. The van der Waals surface area contributed by atoms with Gasteiger partial charge < -0.3 is 10.6 Å². The van der Waals surface area contributed by atoms with E-state index in [1.165, 1.54) is 36.0 Å². The summed E-state index contributed by atoms with van der Waals surface area (Å²) in [5, 5.41) is 6.83. The van der Waals surface area contributed by atoms with Crippen LogP contribution >= 0.6 is 0 Å². The fourth-order valence-electron chi connectivity index (χ4n) is 3.04. The average molecular weight is 322 g/mol. The van der Waals surface area contributed by atoms with Crippen molar-refractivity contribution in [2.24, 2.45) is 0 Å². The molecule has 1 atom stereocenters. The van der Waals surface area contributed by atoms with Crippen LogP contribution in [0.2, 0.25) is 0 Å². The molecule has 24 heavy (non-hydrogen) atoms. The summed E-state index contributed by atoms with van der Waals surface area (Å²) in [6, 6.07) is 19.6. The highest BCUT2D eigenvalue weighted by molar-refractivity contribution is 5.22. The number of rotatable bonds is 11. The molecule has 2 rings (SSSR count). The van der Waals surface area contributed by atoms with Gasteiger partial charge in [-0.05, 0) is 43.0 Å². The van der Waals surface area contributed by atoms with Gasteiger partial charge in [0.2, 0.25) is 0 Å². The normalized spacial score (nSPS) is 11.9. The molecule has 0 fully saturated rings. The summed E-state index contributed by atoms with van der Waals surface area (Å²) in [5.74, 6) is 0.569. The van der Waals surface area contributed by atoms with Crippen molar-refractivity contribution in [3.05, 3.63) is 84.1 Å². The molecule has 0 spiro atoms. The lowest BCUT2D eigenvalue weighted by Crippen LogP contribution is -2.21. The highest BCUT2D eigenvalue weighted by atomic mass is 14.9. The minimum absolute atomic E-state index is 0.569. The number of unbranched alkanes of at least 4 members (excludes halogenated alkanes) is 1. The molecule has 1 unspecified atom stereocenters. The van der Waals surface area contributed by atoms with E-state index in [9.17, 15) is 0 Å². The molecule has 0 amide bonds. The van der Waals surface area contributed by atoms with E-state index in [-0.39, 0.29) is 0 Å². The number of hydrogen-bond donors (Lipinski definition) is 2. The molecule has 0 aliphatic rings. The first kappa shape index (κ1) is 18.3. The van der Waals surface area contributed by atoms with Crippen molar-refractivity contribution in [1.29, 1.82) is 0 Å². The van der Waals surface area contributed by atoms with Gasteiger partial charge in [0.15, 0.2) is 0 Å². The van der Waals surface area contributed by atoms with E-state index in [0.29, 0.717) is 5.92 Å². The van der Waals surface area contributed by atoms with Crippen LogP contribution in [0.4, 0.5) is 0 Å². The van der Waals surface area contributed by atoms with Crippen LogP contribution in [0.5, 0.6) is 0 Å². The zero-order chi connectivity index (χ0) is 17.0. The van der Waals surface area contributed by atoms with Gasteiger partial charge in [-0.2, -0.15) is 0 Å². The second kappa shape index (κ2) is 10.7. The smallest absolute Gasteiger partial charge is 0.0205 e. The summed E-state index contributed by atoms with van der Waals surface area (Å²) < 4.78 is 0. The molecular weight excluding hydrogens is 292 g/mol. The molecule has 0 radical (unpaired) electrons. The summed E-state index contributed by atoms with van der Waals surface area (Å²) in [4.78, 5) is 0. The van der Waals surface area contributed by atoms with E-state index in [1.807, 2.05) is 0 Å². The number of benzene rings is 2. The summed E-state index contributed by atoms with van der Waals surface area (Å²) in [7, 11) is 0. The first-order valence-corrected chi connectivity index (χ1v) is 8.95. The second-order valence-electron chi connectivity index (χ2n) is 6.38. The van der Waals surface area contributed by atoms with E-state index < -0.39 is 0 Å². The van der Waals surface area contributed by atoms with E-state index in [2.05, 4.69) is 78.7 Å². The molecule has 0 saturated heterocycles. The van der Waals surface area contributed by atoms with Gasteiger partial charge in [0, 0.05) is 19.6 Å². The van der Waals surface area contributed by atoms with E-state index in [0.717, 1.165) is 19.6 Å². The molecule has 2 aromatic carbocycles. The third-order valence-electron chi connectivity index (χ3n) is 4.34. The number of hydrogen-bond acceptors (Lipinski definition) is 2. The Morgan fingerprint density at radius 1 is 1.04 bits per heavy atom. The Morgan fingerprint density at radius 2 is 1.88 bits per heavy atom. The Hall–Kier alpha value is -2.06. The second-order valence-corrected chi connectivity index (χ2v) is 6.38. The van der Waals surface area contributed by atoms with E-state index >= 15 is 0 Å². The Kier molecular flexibility index (Phi) is 8.12. The maximum atomic E-state index is 3.70. The van der Waals surface area contributed by atoms with Crippen molar-refractivity contribution in [2.45, 2.75) is 38.6 Å². The fourth-order valence-corrected chi connectivity index (χ4v) is 3.04. The van der Waals surface area contributed by atoms with Crippen molar-refractivity contribution in [3.8, 4) is 0 Å². The van der Waals surface area contributed by atoms with Crippen LogP contribution in [0, 0.1) is 6.92 Å². The van der Waals surface area contributed by atoms with Gasteiger partial charge in [0.1, 0.15) is 0 Å². The molecular formula is C22H30N2. The lowest BCUT2D eigenvalue weighted by molar-refractivity contribution is 0.519. The first-order chi connectivity index (χ1) is 11.8. The Balaban J connectivity index is 1.84. The molecule has 0 bridgehead atoms. The number of aryl methyl sites for hydroxylation is 1. The predicted octanol–water partition coefficient (Wildman–Crippen LogP) is 4.77. The maximum absolute atomic E-state index is 3.70. The zero-order valence-electron chi connectivity index (χ0n) is 14.8. The van der Waals surface area contributed by atoms with Crippen molar-refractivity contribution in [1.82, 2.24) is 10.6 Å². The van der Waals surface area contributed by atoms with Gasteiger partial charge in [-0.25, -0.2) is 0 Å². The molecule has 2 N–H and O–H groups in total. The quantitative estimate of drug-likeness (QED) is 0.582. The Bertz CT molecular complexity index is 592. The number of nitrogens with one attached hydrogen (secondary N) is 2. The predicted molar refractivity (Wildman–Crippen MR) is 104 cm³/mol. The maximum Gasteiger partial charge on any atom is 0.0205 e. The zero-order valence-corrected chi connectivity index (χ0v) is 14.8. The summed E-state index contributed by atoms with van der Waals surface area (Å²) >= 11 is 0. The highest BCUT2D eigenvalue weighted by Gasteiger charge is 2.10. The largest absolute Gasteiger partial charge is 0.391 e. The summed E-state index contributed by atoms with van der Waals surface area (Å²) in [6.45, 7) is 8.81. The molecule has 0 aliphatic heterocycles. The Morgan fingerprint density at radius 3 is 2.62 bits per heavy atom. The highest BCUT2D eigenvalue weighted by Crippen LogP contribution is 2.21. The summed E-state index contributed by atoms with van der Waals surface area (Å²) in [6.07, 6.45) is 5.40. The third-order valence-corrected chi connectivity index (χ3v) is 4.34. The average Bonchev–Trinajstić information content (AvgIpc) is 2.61. The van der Waals surface area contributed by atoms with Crippen molar-refractivity contribution >= 4 is 0 Å². The molecule has 2 aromatic rings. The van der Waals surface area contributed by atoms with Crippen molar-refractivity contribution in [3.63, 3.8) is 0 Å². The molecule has 0 aliphatic carbocycles. The topological polar surface area (TPSA) is 24.1 Å². The van der Waals surface area contributed by atoms with Gasteiger partial charge in [0.05, 0.1) is 0 Å². The molecule has 0 saturated carbocycles. The van der Waals surface area contributed by atoms with Crippen LogP contribution in [0.15, 0.2) is 67.4 Å². The van der Waals surface area contributed by atoms with E-state index in [1.54, 1.807) is 6.20 Å². The van der Waals surface area contributed by atoms with Gasteiger partial charge in [-0.1, -0.05) is 73.2 Å². The molecule has 128 valence electrons. The Labute approximate surface area is 147 Å². The SMILES string of the molecule is C=CNCCCCC(CNCc1cccc(C)c1)c1ccccc1.